The van der Waals surface area contributed by atoms with Crippen molar-refractivity contribution in [3.8, 4) is 0 Å². The van der Waals surface area contributed by atoms with Crippen LogP contribution in [0.1, 0.15) is 0 Å². The Labute approximate surface area is 107 Å². The Kier molecular flexibility index (Phi) is 3.83. The Morgan fingerprint density at radius 1 is 1.53 bits per heavy atom. The number of para-hydroxylation sites is 1. The van der Waals surface area contributed by atoms with E-state index in [0.29, 0.717) is 36.3 Å². The van der Waals surface area contributed by atoms with Gasteiger partial charge in [-0.2, -0.15) is 0 Å². The Hall–Kier alpha value is -1.30. The molecule has 2 amide bonds. The molecule has 1 aliphatic rings. The second-order valence-corrected chi connectivity index (χ2v) is 4.60. The minimum atomic E-state index is -0.301. The van der Waals surface area contributed by atoms with Crippen LogP contribution in [0.5, 0.6) is 0 Å². The fraction of sp³-hybridized carbons (Fsp3) is 0.364. The Morgan fingerprint density at radius 3 is 3.00 bits per heavy atom. The van der Waals surface area contributed by atoms with Gasteiger partial charge >= 0.3 is 6.03 Å². The fourth-order valence-electron chi connectivity index (χ4n) is 1.71. The molecule has 0 unspecified atom stereocenters. The van der Waals surface area contributed by atoms with Gasteiger partial charge in [0, 0.05) is 30.7 Å². The van der Waals surface area contributed by atoms with Crippen LogP contribution in [0, 0.1) is 5.82 Å². The summed E-state index contributed by atoms with van der Waals surface area (Å²) in [5.41, 5.74) is 0.437. The number of carbonyl (C=O) groups is 1. The highest BCUT2D eigenvalue weighted by Crippen LogP contribution is 2.24. The van der Waals surface area contributed by atoms with Gasteiger partial charge in [0.05, 0.1) is 5.69 Å². The van der Waals surface area contributed by atoms with E-state index < -0.39 is 0 Å². The average molecular weight is 302 g/mol. The highest BCUT2D eigenvalue weighted by atomic mass is 79.9. The molecule has 92 valence electrons. The van der Waals surface area contributed by atoms with Crippen LogP contribution in [-0.2, 0) is 0 Å². The van der Waals surface area contributed by atoms with Crippen molar-refractivity contribution >= 4 is 27.6 Å². The largest absolute Gasteiger partial charge is 0.380 e. The van der Waals surface area contributed by atoms with Crippen molar-refractivity contribution in [3.05, 3.63) is 28.5 Å². The number of urea groups is 1. The number of carbonyl (C=O) groups excluding carboxylic acids is 1. The zero-order chi connectivity index (χ0) is 12.3. The van der Waals surface area contributed by atoms with Crippen LogP contribution in [0.25, 0.3) is 0 Å². The van der Waals surface area contributed by atoms with Crippen LogP contribution < -0.4 is 10.6 Å². The average Bonchev–Trinajstić information content (AvgIpc) is 2.69. The summed E-state index contributed by atoms with van der Waals surface area (Å²) in [4.78, 5) is 13.0. The molecule has 1 saturated heterocycles. The predicted molar refractivity (Wildman–Crippen MR) is 67.6 cm³/mol. The molecule has 0 spiro atoms. The predicted octanol–water partition coefficient (Wildman–Crippen LogP) is 2.03. The highest BCUT2D eigenvalue weighted by Gasteiger charge is 2.18. The maximum absolute atomic E-state index is 13.4. The van der Waals surface area contributed by atoms with Crippen LogP contribution in [-0.4, -0.2) is 37.1 Å². The van der Waals surface area contributed by atoms with Crippen LogP contribution >= 0.6 is 15.9 Å². The molecule has 4 nitrogen and oxygen atoms in total. The van der Waals surface area contributed by atoms with Crippen LogP contribution in [0.4, 0.5) is 14.9 Å². The Balaban J connectivity index is 1.88. The minimum absolute atomic E-state index is 0.0561. The van der Waals surface area contributed by atoms with E-state index in [9.17, 15) is 9.18 Å². The number of nitrogens with zero attached hydrogens (tertiary/aromatic N) is 1. The number of rotatable bonds is 4. The first-order chi connectivity index (χ1) is 8.18. The second kappa shape index (κ2) is 5.35. The molecule has 0 saturated carbocycles. The molecule has 1 fully saturated rings. The molecule has 0 aliphatic carbocycles. The molecule has 2 rings (SSSR count). The number of amides is 2. The summed E-state index contributed by atoms with van der Waals surface area (Å²) in [6, 6.07) is 4.75. The molecule has 1 aliphatic heterocycles. The van der Waals surface area contributed by atoms with Crippen molar-refractivity contribution in [1.29, 1.82) is 0 Å². The molecule has 0 bridgehead atoms. The van der Waals surface area contributed by atoms with E-state index in [4.69, 9.17) is 0 Å². The maximum Gasteiger partial charge on any atom is 0.317 e. The summed E-state index contributed by atoms with van der Waals surface area (Å²) in [7, 11) is 0. The zero-order valence-electron chi connectivity index (χ0n) is 9.17. The summed E-state index contributed by atoms with van der Waals surface area (Å²) in [5, 5.41) is 5.70. The van der Waals surface area contributed by atoms with Crippen molar-refractivity contribution < 1.29 is 9.18 Å². The van der Waals surface area contributed by atoms with Gasteiger partial charge in [-0.3, -0.25) is 0 Å². The molecule has 1 heterocycles. The van der Waals surface area contributed by atoms with E-state index >= 15 is 0 Å². The lowest BCUT2D eigenvalue weighted by atomic mass is 10.3. The standard InChI is InChI=1S/C11H13BrFN3O/c12-8-2-1-3-9(13)10(8)14-4-6-16-7-5-15-11(16)17/h1-3,14H,4-7H2,(H,15,17). The molecule has 17 heavy (non-hydrogen) atoms. The number of nitrogens with one attached hydrogen (secondary N) is 2. The third-order valence-electron chi connectivity index (χ3n) is 2.59. The Bertz CT molecular complexity index is 407. The lowest BCUT2D eigenvalue weighted by Crippen LogP contribution is -2.32. The first-order valence-electron chi connectivity index (χ1n) is 5.39. The third kappa shape index (κ3) is 2.88. The molecule has 2 N–H and O–H groups in total. The smallest absolute Gasteiger partial charge is 0.317 e. The van der Waals surface area contributed by atoms with Crippen molar-refractivity contribution in [2.45, 2.75) is 0 Å². The summed E-state index contributed by atoms with van der Waals surface area (Å²) >= 11 is 3.28. The van der Waals surface area contributed by atoms with E-state index in [1.165, 1.54) is 6.07 Å². The second-order valence-electron chi connectivity index (χ2n) is 3.74. The van der Waals surface area contributed by atoms with E-state index in [-0.39, 0.29) is 11.8 Å². The molecule has 0 aromatic heterocycles. The van der Waals surface area contributed by atoms with Gasteiger partial charge in [0.25, 0.3) is 0 Å². The lowest BCUT2D eigenvalue weighted by molar-refractivity contribution is 0.219. The fourth-order valence-corrected chi connectivity index (χ4v) is 2.19. The first kappa shape index (κ1) is 12.2. The van der Waals surface area contributed by atoms with Gasteiger partial charge < -0.3 is 15.5 Å². The molecule has 0 atom stereocenters. The third-order valence-corrected chi connectivity index (χ3v) is 3.25. The summed E-state index contributed by atoms with van der Waals surface area (Å²) in [5.74, 6) is -0.301. The van der Waals surface area contributed by atoms with E-state index in [0.717, 1.165) is 0 Å². The molecule has 6 heteroatoms. The van der Waals surface area contributed by atoms with Crippen LogP contribution in [0.15, 0.2) is 22.7 Å². The number of halogens is 2. The zero-order valence-corrected chi connectivity index (χ0v) is 10.8. The van der Waals surface area contributed by atoms with Gasteiger partial charge in [-0.15, -0.1) is 0 Å². The highest BCUT2D eigenvalue weighted by molar-refractivity contribution is 9.10. The Morgan fingerprint density at radius 2 is 2.35 bits per heavy atom. The lowest BCUT2D eigenvalue weighted by Gasteiger charge is -2.15. The van der Waals surface area contributed by atoms with Crippen molar-refractivity contribution in [3.63, 3.8) is 0 Å². The van der Waals surface area contributed by atoms with Crippen molar-refractivity contribution in [1.82, 2.24) is 10.2 Å². The van der Waals surface area contributed by atoms with E-state index in [1.807, 2.05) is 0 Å². The van der Waals surface area contributed by atoms with Gasteiger partial charge in [-0.1, -0.05) is 6.07 Å². The topological polar surface area (TPSA) is 44.4 Å². The molecular weight excluding hydrogens is 289 g/mol. The van der Waals surface area contributed by atoms with E-state index in [1.54, 1.807) is 17.0 Å². The van der Waals surface area contributed by atoms with Crippen LogP contribution in [0.2, 0.25) is 0 Å². The molecular formula is C11H13BrFN3O. The summed E-state index contributed by atoms with van der Waals surface area (Å²) in [6.45, 7) is 2.47. The quantitative estimate of drug-likeness (QED) is 0.894. The van der Waals surface area contributed by atoms with Crippen LogP contribution in [0.3, 0.4) is 0 Å². The monoisotopic (exact) mass is 301 g/mol. The molecule has 0 radical (unpaired) electrons. The summed E-state index contributed by atoms with van der Waals surface area (Å²) < 4.78 is 14.1. The number of anilines is 1. The molecule has 1 aromatic carbocycles. The maximum atomic E-state index is 13.4. The first-order valence-corrected chi connectivity index (χ1v) is 6.18. The SMILES string of the molecule is O=C1NCCN1CCNc1c(F)cccc1Br. The van der Waals surface area contributed by atoms with Gasteiger partial charge in [0.2, 0.25) is 0 Å². The number of hydrogen-bond acceptors (Lipinski definition) is 2. The van der Waals surface area contributed by atoms with Gasteiger partial charge in [0.1, 0.15) is 5.82 Å². The normalized spacial score (nSPS) is 14.9. The van der Waals surface area contributed by atoms with Crippen molar-refractivity contribution in [2.75, 3.05) is 31.5 Å². The number of hydrogen-bond donors (Lipinski definition) is 2. The van der Waals surface area contributed by atoms with Crippen molar-refractivity contribution in [2.24, 2.45) is 0 Å². The van der Waals surface area contributed by atoms with Gasteiger partial charge in [0.15, 0.2) is 0 Å². The van der Waals surface area contributed by atoms with E-state index in [2.05, 4.69) is 26.6 Å². The molecule has 1 aromatic rings. The van der Waals surface area contributed by atoms with Gasteiger partial charge in [-0.05, 0) is 28.1 Å². The number of benzene rings is 1. The minimum Gasteiger partial charge on any atom is -0.380 e. The summed E-state index contributed by atoms with van der Waals surface area (Å²) in [6.07, 6.45) is 0. The van der Waals surface area contributed by atoms with Gasteiger partial charge in [-0.25, -0.2) is 9.18 Å².